The highest BCUT2D eigenvalue weighted by atomic mass is 16.5. The van der Waals surface area contributed by atoms with Crippen molar-refractivity contribution in [1.82, 2.24) is 10.2 Å². The van der Waals surface area contributed by atoms with Gasteiger partial charge in [0.1, 0.15) is 0 Å². The van der Waals surface area contributed by atoms with E-state index in [1.54, 1.807) is 7.11 Å². The minimum atomic E-state index is 0.678. The normalized spacial score (nSPS) is 28.2. The molecular weight excluding hydrogens is 212 g/mol. The molecule has 0 aromatic heterocycles. The Kier molecular flexibility index (Phi) is 7.09. The van der Waals surface area contributed by atoms with E-state index in [9.17, 15) is 0 Å². The molecule has 3 atom stereocenters. The molecule has 102 valence electrons. The highest BCUT2D eigenvalue weighted by molar-refractivity contribution is 4.88. The van der Waals surface area contributed by atoms with Gasteiger partial charge in [0.25, 0.3) is 0 Å². The monoisotopic (exact) mass is 242 g/mol. The zero-order valence-electron chi connectivity index (χ0n) is 12.0. The van der Waals surface area contributed by atoms with Crippen LogP contribution in [0.4, 0.5) is 0 Å². The topological polar surface area (TPSA) is 24.5 Å². The van der Waals surface area contributed by atoms with Gasteiger partial charge in [0, 0.05) is 38.8 Å². The molecule has 17 heavy (non-hydrogen) atoms. The molecule has 1 aliphatic heterocycles. The second kappa shape index (κ2) is 8.06. The first-order chi connectivity index (χ1) is 8.22. The quantitative estimate of drug-likeness (QED) is 0.740. The van der Waals surface area contributed by atoms with E-state index >= 15 is 0 Å². The van der Waals surface area contributed by atoms with E-state index < -0.39 is 0 Å². The van der Waals surface area contributed by atoms with E-state index in [1.165, 1.54) is 25.8 Å². The van der Waals surface area contributed by atoms with Gasteiger partial charge in [-0.3, -0.25) is 4.90 Å². The van der Waals surface area contributed by atoms with Gasteiger partial charge in [-0.2, -0.15) is 0 Å². The molecule has 0 radical (unpaired) electrons. The molecule has 0 aromatic carbocycles. The third kappa shape index (κ3) is 4.57. The lowest BCUT2D eigenvalue weighted by Crippen LogP contribution is -2.59. The lowest BCUT2D eigenvalue weighted by atomic mass is 9.93. The Balaban J connectivity index is 2.52. The first-order valence-corrected chi connectivity index (χ1v) is 7.19. The van der Waals surface area contributed by atoms with Crippen LogP contribution in [0.1, 0.15) is 40.0 Å². The highest BCUT2D eigenvalue weighted by Crippen LogP contribution is 2.19. The summed E-state index contributed by atoms with van der Waals surface area (Å²) >= 11 is 0. The zero-order valence-corrected chi connectivity index (χ0v) is 12.0. The van der Waals surface area contributed by atoms with Crippen molar-refractivity contribution >= 4 is 0 Å². The van der Waals surface area contributed by atoms with Crippen LogP contribution in [-0.4, -0.2) is 50.3 Å². The molecule has 1 fully saturated rings. The minimum Gasteiger partial charge on any atom is -0.383 e. The average Bonchev–Trinajstić information content (AvgIpc) is 2.36. The van der Waals surface area contributed by atoms with Crippen molar-refractivity contribution in [3.05, 3.63) is 0 Å². The number of nitrogens with zero attached hydrogens (tertiary/aromatic N) is 1. The number of piperazine rings is 1. The zero-order chi connectivity index (χ0) is 12.7. The molecule has 0 aliphatic carbocycles. The van der Waals surface area contributed by atoms with Crippen LogP contribution in [0.3, 0.4) is 0 Å². The largest absolute Gasteiger partial charge is 0.383 e. The molecule has 1 rings (SSSR count). The van der Waals surface area contributed by atoms with Gasteiger partial charge < -0.3 is 10.1 Å². The molecular formula is C14H30N2O. The average molecular weight is 242 g/mol. The van der Waals surface area contributed by atoms with Crippen LogP contribution >= 0.6 is 0 Å². The third-order valence-electron chi connectivity index (χ3n) is 4.06. The van der Waals surface area contributed by atoms with E-state index in [0.29, 0.717) is 12.1 Å². The lowest BCUT2D eigenvalue weighted by Gasteiger charge is -2.43. The summed E-state index contributed by atoms with van der Waals surface area (Å²) in [4.78, 5) is 2.63. The smallest absolute Gasteiger partial charge is 0.0589 e. The summed E-state index contributed by atoms with van der Waals surface area (Å²) in [6.07, 6.45) is 3.81. The molecule has 0 spiro atoms. The van der Waals surface area contributed by atoms with E-state index in [2.05, 4.69) is 31.0 Å². The molecule has 1 heterocycles. The van der Waals surface area contributed by atoms with Crippen LogP contribution < -0.4 is 5.32 Å². The number of methoxy groups -OCH3 is 1. The minimum absolute atomic E-state index is 0.678. The Hall–Kier alpha value is -0.120. The van der Waals surface area contributed by atoms with Crippen LogP contribution in [0.2, 0.25) is 0 Å². The Bertz CT molecular complexity index is 199. The highest BCUT2D eigenvalue weighted by Gasteiger charge is 2.29. The molecule has 0 saturated carbocycles. The summed E-state index contributed by atoms with van der Waals surface area (Å²) in [5, 5.41) is 3.71. The van der Waals surface area contributed by atoms with E-state index in [0.717, 1.165) is 25.6 Å². The Morgan fingerprint density at radius 1 is 1.41 bits per heavy atom. The van der Waals surface area contributed by atoms with Crippen molar-refractivity contribution < 1.29 is 4.74 Å². The second-order valence-electron chi connectivity index (χ2n) is 5.33. The summed E-state index contributed by atoms with van der Waals surface area (Å²) in [6, 6.07) is 1.36. The van der Waals surface area contributed by atoms with Crippen molar-refractivity contribution in [1.29, 1.82) is 0 Å². The van der Waals surface area contributed by atoms with E-state index in [-0.39, 0.29) is 0 Å². The second-order valence-corrected chi connectivity index (χ2v) is 5.33. The van der Waals surface area contributed by atoms with Gasteiger partial charge in [-0.1, -0.05) is 33.6 Å². The summed E-state index contributed by atoms with van der Waals surface area (Å²) < 4.78 is 5.24. The van der Waals surface area contributed by atoms with E-state index in [4.69, 9.17) is 4.74 Å². The van der Waals surface area contributed by atoms with Crippen LogP contribution in [0.25, 0.3) is 0 Å². The molecule has 1 N–H and O–H groups in total. The summed E-state index contributed by atoms with van der Waals surface area (Å²) in [5.41, 5.74) is 0. The molecule has 1 saturated heterocycles. The maximum atomic E-state index is 5.24. The Morgan fingerprint density at radius 2 is 2.18 bits per heavy atom. The van der Waals surface area contributed by atoms with Gasteiger partial charge in [0.2, 0.25) is 0 Å². The van der Waals surface area contributed by atoms with Gasteiger partial charge >= 0.3 is 0 Å². The van der Waals surface area contributed by atoms with Gasteiger partial charge in [-0.05, 0) is 12.3 Å². The molecule has 3 unspecified atom stereocenters. The van der Waals surface area contributed by atoms with Crippen LogP contribution in [-0.2, 0) is 4.74 Å². The Morgan fingerprint density at radius 3 is 2.76 bits per heavy atom. The number of hydrogen-bond donors (Lipinski definition) is 1. The maximum absolute atomic E-state index is 5.24. The molecule has 1 aliphatic rings. The van der Waals surface area contributed by atoms with Crippen molar-refractivity contribution in [2.75, 3.05) is 33.4 Å². The van der Waals surface area contributed by atoms with Crippen molar-refractivity contribution in [2.45, 2.75) is 52.1 Å². The number of rotatable bonds is 7. The Labute approximate surface area is 107 Å². The van der Waals surface area contributed by atoms with Crippen molar-refractivity contribution in [3.63, 3.8) is 0 Å². The van der Waals surface area contributed by atoms with Crippen LogP contribution in [0.5, 0.6) is 0 Å². The fraction of sp³-hybridized carbons (Fsp3) is 1.00. The first kappa shape index (κ1) is 14.9. The third-order valence-corrected chi connectivity index (χ3v) is 4.06. The lowest BCUT2D eigenvalue weighted by molar-refractivity contribution is 0.0596. The molecule has 0 bridgehead atoms. The molecule has 0 amide bonds. The SMILES string of the molecule is CCCC1CN(CCOC)C(C(C)CC)CN1. The molecule has 3 nitrogen and oxygen atoms in total. The first-order valence-electron chi connectivity index (χ1n) is 7.19. The number of hydrogen-bond acceptors (Lipinski definition) is 3. The number of nitrogens with one attached hydrogen (secondary N) is 1. The summed E-state index contributed by atoms with van der Waals surface area (Å²) in [6.45, 7) is 11.2. The maximum Gasteiger partial charge on any atom is 0.0589 e. The predicted molar refractivity (Wildman–Crippen MR) is 73.4 cm³/mol. The van der Waals surface area contributed by atoms with Crippen molar-refractivity contribution in [2.24, 2.45) is 5.92 Å². The predicted octanol–water partition coefficient (Wildman–Crippen LogP) is 2.12. The summed E-state index contributed by atoms with van der Waals surface area (Å²) in [7, 11) is 1.80. The molecule has 3 heteroatoms. The summed E-state index contributed by atoms with van der Waals surface area (Å²) in [5.74, 6) is 0.766. The van der Waals surface area contributed by atoms with E-state index in [1.807, 2.05) is 0 Å². The van der Waals surface area contributed by atoms with Gasteiger partial charge in [-0.25, -0.2) is 0 Å². The number of ether oxygens (including phenoxy) is 1. The molecule has 0 aromatic rings. The van der Waals surface area contributed by atoms with Gasteiger partial charge in [0.15, 0.2) is 0 Å². The van der Waals surface area contributed by atoms with Gasteiger partial charge in [0.05, 0.1) is 6.61 Å². The fourth-order valence-electron chi connectivity index (χ4n) is 2.74. The van der Waals surface area contributed by atoms with Crippen LogP contribution in [0, 0.1) is 5.92 Å². The van der Waals surface area contributed by atoms with Gasteiger partial charge in [-0.15, -0.1) is 0 Å². The fourth-order valence-corrected chi connectivity index (χ4v) is 2.74. The standard InChI is InChI=1S/C14H30N2O/c1-5-7-13-11-16(8-9-17-4)14(10-15-13)12(3)6-2/h12-15H,5-11H2,1-4H3. The van der Waals surface area contributed by atoms with Crippen LogP contribution in [0.15, 0.2) is 0 Å². The van der Waals surface area contributed by atoms with Crippen molar-refractivity contribution in [3.8, 4) is 0 Å².